The first kappa shape index (κ1) is 11.4. The Morgan fingerprint density at radius 2 is 2.06 bits per heavy atom. The van der Waals surface area contributed by atoms with Gasteiger partial charge in [0.2, 0.25) is 11.8 Å². The molecule has 0 bridgehead atoms. The zero-order chi connectivity index (χ0) is 11.5. The fraction of sp³-hybridized carbons (Fsp3) is 0.818. The molecule has 1 N–H and O–H groups in total. The minimum Gasteiger partial charge on any atom is -0.381 e. The van der Waals surface area contributed by atoms with Crippen LogP contribution < -0.4 is 5.32 Å². The highest BCUT2D eigenvalue weighted by molar-refractivity contribution is 5.92. The maximum absolute atomic E-state index is 11.7. The van der Waals surface area contributed by atoms with Gasteiger partial charge in [-0.25, -0.2) is 0 Å². The number of carbonyl (C=O) groups is 2. The van der Waals surface area contributed by atoms with E-state index < -0.39 is 0 Å². The third-order valence-electron chi connectivity index (χ3n) is 3.51. The van der Waals surface area contributed by atoms with Crippen LogP contribution in [0.5, 0.6) is 0 Å². The smallest absolute Gasteiger partial charge is 0.242 e. The molecule has 0 saturated carbocycles. The number of piperazine rings is 1. The van der Waals surface area contributed by atoms with E-state index in [0.717, 1.165) is 26.1 Å². The number of carbonyl (C=O) groups excluding carboxylic acids is 2. The quantitative estimate of drug-likeness (QED) is 0.707. The average Bonchev–Trinajstić information content (AvgIpc) is 2.32. The fourth-order valence-corrected chi connectivity index (χ4v) is 2.40. The summed E-state index contributed by atoms with van der Waals surface area (Å²) in [5.74, 6) is 0.431. The first-order chi connectivity index (χ1) is 7.68. The van der Waals surface area contributed by atoms with Gasteiger partial charge in [0.05, 0.1) is 13.1 Å². The summed E-state index contributed by atoms with van der Waals surface area (Å²) < 4.78 is 5.30. The van der Waals surface area contributed by atoms with Crippen LogP contribution in [0.3, 0.4) is 0 Å². The van der Waals surface area contributed by atoms with Crippen molar-refractivity contribution in [2.45, 2.75) is 25.8 Å². The number of hydrogen-bond donors (Lipinski definition) is 1. The van der Waals surface area contributed by atoms with Gasteiger partial charge in [0.1, 0.15) is 0 Å². The van der Waals surface area contributed by atoms with Gasteiger partial charge < -0.3 is 15.0 Å². The van der Waals surface area contributed by atoms with Crippen molar-refractivity contribution in [2.75, 3.05) is 26.3 Å². The third kappa shape index (κ3) is 2.35. The second-order valence-electron chi connectivity index (χ2n) is 4.49. The number of ether oxygens (including phenoxy) is 1. The molecule has 2 heterocycles. The van der Waals surface area contributed by atoms with E-state index in [4.69, 9.17) is 4.74 Å². The summed E-state index contributed by atoms with van der Waals surface area (Å²) in [6.07, 6.45) is 1.96. The van der Waals surface area contributed by atoms with Crippen LogP contribution in [0.25, 0.3) is 0 Å². The Labute approximate surface area is 95.1 Å². The largest absolute Gasteiger partial charge is 0.381 e. The maximum atomic E-state index is 11.7. The number of rotatable bonds is 2. The monoisotopic (exact) mass is 226 g/mol. The maximum Gasteiger partial charge on any atom is 0.242 e. The molecule has 0 aromatic carbocycles. The van der Waals surface area contributed by atoms with Crippen molar-refractivity contribution in [3.63, 3.8) is 0 Å². The highest BCUT2D eigenvalue weighted by Crippen LogP contribution is 2.23. The van der Waals surface area contributed by atoms with Crippen molar-refractivity contribution in [1.82, 2.24) is 10.2 Å². The Hall–Kier alpha value is -1.10. The Morgan fingerprint density at radius 1 is 1.38 bits per heavy atom. The summed E-state index contributed by atoms with van der Waals surface area (Å²) in [6, 6.07) is 0.141. The van der Waals surface area contributed by atoms with Crippen LogP contribution in [0.2, 0.25) is 0 Å². The molecule has 0 aliphatic carbocycles. The summed E-state index contributed by atoms with van der Waals surface area (Å²) in [7, 11) is 0. The number of nitrogens with one attached hydrogen (secondary N) is 1. The highest BCUT2D eigenvalue weighted by atomic mass is 16.5. The van der Waals surface area contributed by atoms with Crippen LogP contribution in [0.1, 0.15) is 19.8 Å². The predicted octanol–water partition coefficient (Wildman–Crippen LogP) is -0.240. The molecule has 0 aromatic heterocycles. The molecule has 90 valence electrons. The molecule has 2 aliphatic heterocycles. The summed E-state index contributed by atoms with van der Waals surface area (Å²) in [5.41, 5.74) is 0. The van der Waals surface area contributed by atoms with Gasteiger partial charge in [0, 0.05) is 19.3 Å². The van der Waals surface area contributed by atoms with Crippen molar-refractivity contribution < 1.29 is 14.3 Å². The minimum absolute atomic E-state index is 0.0265. The second kappa shape index (κ2) is 4.82. The normalized spacial score (nSPS) is 25.4. The number of amides is 2. The molecule has 0 radical (unpaired) electrons. The lowest BCUT2D eigenvalue weighted by Crippen LogP contribution is -2.56. The molecular weight excluding hydrogens is 208 g/mol. The van der Waals surface area contributed by atoms with E-state index in [1.807, 2.05) is 6.92 Å². The summed E-state index contributed by atoms with van der Waals surface area (Å²) in [5, 5.41) is 2.56. The van der Waals surface area contributed by atoms with Gasteiger partial charge in [-0.3, -0.25) is 9.59 Å². The SMILES string of the molecule is CC(C1CCOCC1)N1CC(=O)NCC1=O. The molecule has 2 rings (SSSR count). The molecule has 16 heavy (non-hydrogen) atoms. The lowest BCUT2D eigenvalue weighted by molar-refractivity contribution is -0.144. The molecule has 2 saturated heterocycles. The van der Waals surface area contributed by atoms with Gasteiger partial charge in [0.15, 0.2) is 0 Å². The van der Waals surface area contributed by atoms with E-state index in [9.17, 15) is 9.59 Å². The van der Waals surface area contributed by atoms with E-state index in [1.165, 1.54) is 0 Å². The standard InChI is InChI=1S/C11H18N2O3/c1-8(9-2-4-16-5-3-9)13-7-10(14)12-6-11(13)15/h8-9H,2-7H2,1H3,(H,12,14). The predicted molar refractivity (Wildman–Crippen MR) is 57.7 cm³/mol. The van der Waals surface area contributed by atoms with Crippen LogP contribution in [-0.2, 0) is 14.3 Å². The molecule has 2 fully saturated rings. The van der Waals surface area contributed by atoms with Gasteiger partial charge in [-0.1, -0.05) is 0 Å². The van der Waals surface area contributed by atoms with E-state index in [1.54, 1.807) is 4.90 Å². The van der Waals surface area contributed by atoms with Crippen molar-refractivity contribution in [3.05, 3.63) is 0 Å². The highest BCUT2D eigenvalue weighted by Gasteiger charge is 2.32. The third-order valence-corrected chi connectivity index (χ3v) is 3.51. The molecular formula is C11H18N2O3. The molecule has 2 amide bonds. The summed E-state index contributed by atoms with van der Waals surface area (Å²) >= 11 is 0. The zero-order valence-corrected chi connectivity index (χ0v) is 9.57. The van der Waals surface area contributed by atoms with Gasteiger partial charge in [-0.15, -0.1) is 0 Å². The molecule has 0 spiro atoms. The van der Waals surface area contributed by atoms with E-state index in [2.05, 4.69) is 5.32 Å². The Morgan fingerprint density at radius 3 is 2.75 bits per heavy atom. The van der Waals surface area contributed by atoms with Crippen molar-refractivity contribution in [2.24, 2.45) is 5.92 Å². The first-order valence-corrected chi connectivity index (χ1v) is 5.82. The lowest BCUT2D eigenvalue weighted by atomic mass is 9.91. The summed E-state index contributed by atoms with van der Waals surface area (Å²) in [4.78, 5) is 24.7. The molecule has 1 atom stereocenters. The van der Waals surface area contributed by atoms with Crippen LogP contribution >= 0.6 is 0 Å². The second-order valence-corrected chi connectivity index (χ2v) is 4.49. The van der Waals surface area contributed by atoms with Gasteiger partial charge in [-0.2, -0.15) is 0 Å². The molecule has 2 aliphatic rings. The molecule has 5 nitrogen and oxygen atoms in total. The van der Waals surface area contributed by atoms with Crippen LogP contribution in [0, 0.1) is 5.92 Å². The van der Waals surface area contributed by atoms with Crippen molar-refractivity contribution in [3.8, 4) is 0 Å². The molecule has 5 heteroatoms. The van der Waals surface area contributed by atoms with Crippen LogP contribution in [-0.4, -0.2) is 49.1 Å². The summed E-state index contributed by atoms with van der Waals surface area (Å²) in [6.45, 7) is 3.92. The van der Waals surface area contributed by atoms with Crippen molar-refractivity contribution in [1.29, 1.82) is 0 Å². The zero-order valence-electron chi connectivity index (χ0n) is 9.57. The number of nitrogens with zero attached hydrogens (tertiary/aromatic N) is 1. The first-order valence-electron chi connectivity index (χ1n) is 5.82. The average molecular weight is 226 g/mol. The van der Waals surface area contributed by atoms with E-state index >= 15 is 0 Å². The Balaban J connectivity index is 1.98. The topological polar surface area (TPSA) is 58.6 Å². The van der Waals surface area contributed by atoms with Crippen LogP contribution in [0.4, 0.5) is 0 Å². The van der Waals surface area contributed by atoms with E-state index in [-0.39, 0.29) is 30.9 Å². The van der Waals surface area contributed by atoms with Crippen LogP contribution in [0.15, 0.2) is 0 Å². The molecule has 1 unspecified atom stereocenters. The number of hydrogen-bond acceptors (Lipinski definition) is 3. The van der Waals surface area contributed by atoms with Gasteiger partial charge in [0.25, 0.3) is 0 Å². The Kier molecular flexibility index (Phi) is 3.43. The molecule has 0 aromatic rings. The van der Waals surface area contributed by atoms with Crippen molar-refractivity contribution >= 4 is 11.8 Å². The fourth-order valence-electron chi connectivity index (χ4n) is 2.40. The van der Waals surface area contributed by atoms with E-state index in [0.29, 0.717) is 5.92 Å². The van der Waals surface area contributed by atoms with Gasteiger partial charge >= 0.3 is 0 Å². The lowest BCUT2D eigenvalue weighted by Gasteiger charge is -2.38. The Bertz CT molecular complexity index is 287. The van der Waals surface area contributed by atoms with Gasteiger partial charge in [-0.05, 0) is 25.7 Å². The minimum atomic E-state index is -0.0569.